The predicted molar refractivity (Wildman–Crippen MR) is 326 cm³/mol. The van der Waals surface area contributed by atoms with Crippen molar-refractivity contribution in [1.29, 1.82) is 0 Å². The third-order valence-electron chi connectivity index (χ3n) is 16.2. The molecule has 0 aliphatic carbocycles. The lowest BCUT2D eigenvalue weighted by Gasteiger charge is -2.15. The Morgan fingerprint density at radius 1 is 0.182 bits per heavy atom. The van der Waals surface area contributed by atoms with E-state index in [4.69, 9.17) is 0 Å². The van der Waals surface area contributed by atoms with Gasteiger partial charge in [-0.15, -0.1) is 0 Å². The van der Waals surface area contributed by atoms with Gasteiger partial charge >= 0.3 is 0 Å². The molecule has 3 heterocycles. The Kier molecular flexibility index (Phi) is 9.64. The van der Waals surface area contributed by atoms with Gasteiger partial charge in [0.05, 0.1) is 33.1 Å². The van der Waals surface area contributed by atoms with Crippen molar-refractivity contribution < 1.29 is 0 Å². The van der Waals surface area contributed by atoms with Crippen molar-refractivity contribution in [3.05, 3.63) is 285 Å². The molecule has 0 amide bonds. The zero-order chi connectivity index (χ0) is 50.6. The number of fused-ring (bicyclic) bond motifs is 12. The van der Waals surface area contributed by atoms with Gasteiger partial charge in [-0.1, -0.05) is 194 Å². The van der Waals surface area contributed by atoms with Crippen molar-refractivity contribution in [2.24, 2.45) is 0 Å². The largest absolute Gasteiger partial charge is 0.309 e. The summed E-state index contributed by atoms with van der Waals surface area (Å²) in [4.78, 5) is 0. The Balaban J connectivity index is 0.849. The summed E-state index contributed by atoms with van der Waals surface area (Å²) in [5.74, 6) is 0. The Morgan fingerprint density at radius 2 is 0.584 bits per heavy atom. The second-order valence-corrected chi connectivity index (χ2v) is 20.5. The van der Waals surface area contributed by atoms with Crippen LogP contribution in [0.15, 0.2) is 285 Å². The number of nitrogens with zero attached hydrogens (tertiary/aromatic N) is 3. The van der Waals surface area contributed by atoms with Gasteiger partial charge in [0.25, 0.3) is 0 Å². The summed E-state index contributed by atoms with van der Waals surface area (Å²) in [5, 5.41) is 12.5. The second kappa shape index (κ2) is 17.2. The third kappa shape index (κ3) is 6.84. The van der Waals surface area contributed by atoms with Crippen LogP contribution in [0, 0.1) is 0 Å². The Morgan fingerprint density at radius 3 is 1.16 bits per heavy atom. The molecule has 0 fully saturated rings. The lowest BCUT2D eigenvalue weighted by atomic mass is 9.93. The normalized spacial score (nSPS) is 11.9. The molecule has 3 aromatic heterocycles. The van der Waals surface area contributed by atoms with Crippen LogP contribution in [-0.4, -0.2) is 13.7 Å². The van der Waals surface area contributed by atoms with E-state index in [-0.39, 0.29) is 0 Å². The zero-order valence-electron chi connectivity index (χ0n) is 42.0. The van der Waals surface area contributed by atoms with Gasteiger partial charge in [-0.2, -0.15) is 0 Å². The van der Waals surface area contributed by atoms with Crippen molar-refractivity contribution in [3.8, 4) is 61.6 Å². The van der Waals surface area contributed by atoms with E-state index in [1.165, 1.54) is 132 Å². The van der Waals surface area contributed by atoms with Crippen molar-refractivity contribution >= 4 is 87.0 Å². The number of benzene rings is 13. The predicted octanol–water partition coefficient (Wildman–Crippen LogP) is 20.0. The number of hydrogen-bond acceptors (Lipinski definition) is 0. The third-order valence-corrected chi connectivity index (χ3v) is 16.2. The quantitative estimate of drug-likeness (QED) is 0.141. The maximum absolute atomic E-state index is 2.50. The van der Waals surface area contributed by atoms with Crippen LogP contribution in [-0.2, 0) is 0 Å². The van der Waals surface area contributed by atoms with E-state index in [0.717, 1.165) is 16.9 Å². The highest BCUT2D eigenvalue weighted by Gasteiger charge is 2.21. The molecular weight excluding hydrogens is 931 g/mol. The smallest absolute Gasteiger partial charge is 0.0619 e. The molecule has 0 spiro atoms. The first-order chi connectivity index (χ1) is 38.2. The molecule has 3 heteroatoms. The first kappa shape index (κ1) is 43.2. The highest BCUT2D eigenvalue weighted by atomic mass is 15.0. The van der Waals surface area contributed by atoms with E-state index in [9.17, 15) is 0 Å². The van der Waals surface area contributed by atoms with Crippen LogP contribution < -0.4 is 0 Å². The number of hydrogen-bond donors (Lipinski definition) is 0. The van der Waals surface area contributed by atoms with Crippen LogP contribution in [0.3, 0.4) is 0 Å². The molecule has 77 heavy (non-hydrogen) atoms. The molecule has 358 valence electrons. The molecule has 0 atom stereocenters. The molecule has 0 saturated carbocycles. The molecule has 0 aliphatic heterocycles. The van der Waals surface area contributed by atoms with Crippen molar-refractivity contribution in [2.45, 2.75) is 0 Å². The van der Waals surface area contributed by atoms with Crippen molar-refractivity contribution in [1.82, 2.24) is 13.7 Å². The summed E-state index contributed by atoms with van der Waals surface area (Å²) in [6.45, 7) is 0. The van der Waals surface area contributed by atoms with Gasteiger partial charge in [0.15, 0.2) is 0 Å². The molecule has 0 aliphatic rings. The maximum atomic E-state index is 2.50. The fourth-order valence-corrected chi connectivity index (χ4v) is 12.6. The van der Waals surface area contributed by atoms with Crippen LogP contribution >= 0.6 is 0 Å². The SMILES string of the molecule is c1ccc(-n2c3ccccc3c3cc(-c4ccc(-c5cc(-c6ccc(-c7ccc8c(c7)c7ccccc7n8-c7ccccc7)cc6)c6c(c5)c5ccccc5n6-c5ccc6c(ccc7ccccc76)c5)cc4)ccc32)cc1. The molecular formula is C74H47N3. The van der Waals surface area contributed by atoms with Gasteiger partial charge < -0.3 is 13.7 Å². The van der Waals surface area contributed by atoms with Crippen LogP contribution in [0.5, 0.6) is 0 Å². The van der Waals surface area contributed by atoms with Gasteiger partial charge in [-0.05, 0) is 151 Å². The van der Waals surface area contributed by atoms with E-state index in [1.54, 1.807) is 0 Å². The topological polar surface area (TPSA) is 14.8 Å². The van der Waals surface area contributed by atoms with Gasteiger partial charge in [-0.25, -0.2) is 0 Å². The molecule has 0 N–H and O–H groups in total. The highest BCUT2D eigenvalue weighted by molar-refractivity contribution is 6.17. The Hall–Kier alpha value is -10.2. The van der Waals surface area contributed by atoms with Gasteiger partial charge in [0.1, 0.15) is 0 Å². The zero-order valence-corrected chi connectivity index (χ0v) is 42.0. The monoisotopic (exact) mass is 977 g/mol. The minimum Gasteiger partial charge on any atom is -0.309 e. The van der Waals surface area contributed by atoms with Gasteiger partial charge in [0, 0.05) is 54.9 Å². The molecule has 16 aromatic rings. The summed E-state index contributed by atoms with van der Waals surface area (Å²) in [5.41, 5.74) is 20.1. The summed E-state index contributed by atoms with van der Waals surface area (Å²) in [6, 6.07) is 105. The molecule has 0 saturated heterocycles. The molecule has 0 unspecified atom stereocenters. The number of rotatable bonds is 7. The maximum Gasteiger partial charge on any atom is 0.0619 e. The molecule has 13 aromatic carbocycles. The first-order valence-corrected chi connectivity index (χ1v) is 26.6. The first-order valence-electron chi connectivity index (χ1n) is 26.6. The average Bonchev–Trinajstić information content (AvgIpc) is 4.37. The summed E-state index contributed by atoms with van der Waals surface area (Å²) in [7, 11) is 0. The van der Waals surface area contributed by atoms with Crippen LogP contribution in [0.2, 0.25) is 0 Å². The summed E-state index contributed by atoms with van der Waals surface area (Å²) in [6.07, 6.45) is 0. The van der Waals surface area contributed by atoms with Gasteiger partial charge in [-0.3, -0.25) is 0 Å². The molecule has 16 rings (SSSR count). The fraction of sp³-hybridized carbons (Fsp3) is 0. The number of para-hydroxylation sites is 5. The minimum atomic E-state index is 1.14. The van der Waals surface area contributed by atoms with E-state index < -0.39 is 0 Å². The van der Waals surface area contributed by atoms with Gasteiger partial charge in [0.2, 0.25) is 0 Å². The fourth-order valence-electron chi connectivity index (χ4n) is 12.6. The number of aromatic nitrogens is 3. The van der Waals surface area contributed by atoms with Crippen molar-refractivity contribution in [2.75, 3.05) is 0 Å². The standard InChI is InChI=1S/C74H47N3/c1-3-16-57(17-4-1)75-69-24-12-9-21-62(69)66-44-53(37-41-72(66)75)48-27-29-50(30-28-48)56-46-65(52-33-31-49(32-34-52)54-38-42-73-67(45-54)63-22-10-13-25-70(63)76(73)58-18-5-2-6-19-58)74-68(47-56)64-23-11-14-26-71(64)77(74)59-39-40-61-55(43-59)36-35-51-15-7-8-20-60(51)61/h1-47H. The van der Waals surface area contributed by atoms with E-state index in [2.05, 4.69) is 299 Å². The Bertz CT molecular complexity index is 5000. The van der Waals surface area contributed by atoms with E-state index in [1.807, 2.05) is 0 Å². The van der Waals surface area contributed by atoms with Crippen molar-refractivity contribution in [3.63, 3.8) is 0 Å². The summed E-state index contributed by atoms with van der Waals surface area (Å²) < 4.78 is 7.26. The molecule has 0 bridgehead atoms. The Labute approximate surface area is 445 Å². The highest BCUT2D eigenvalue weighted by Crippen LogP contribution is 2.44. The summed E-state index contributed by atoms with van der Waals surface area (Å²) >= 11 is 0. The van der Waals surface area contributed by atoms with Crippen LogP contribution in [0.1, 0.15) is 0 Å². The van der Waals surface area contributed by atoms with E-state index in [0.29, 0.717) is 0 Å². The molecule has 3 nitrogen and oxygen atoms in total. The van der Waals surface area contributed by atoms with E-state index >= 15 is 0 Å². The lowest BCUT2D eigenvalue weighted by molar-refractivity contribution is 1.18. The van der Waals surface area contributed by atoms with Crippen LogP contribution in [0.4, 0.5) is 0 Å². The molecule has 0 radical (unpaired) electrons. The lowest BCUT2D eigenvalue weighted by Crippen LogP contribution is -1.96. The average molecular weight is 978 g/mol. The van der Waals surface area contributed by atoms with Crippen LogP contribution in [0.25, 0.3) is 149 Å². The minimum absolute atomic E-state index is 1.14. The second-order valence-electron chi connectivity index (χ2n) is 20.5.